The molecule has 0 spiro atoms. The molecule has 0 aromatic rings. The lowest BCUT2D eigenvalue weighted by Crippen LogP contribution is -2.64. The van der Waals surface area contributed by atoms with E-state index in [2.05, 4.69) is 68.4 Å². The van der Waals surface area contributed by atoms with Crippen molar-refractivity contribution in [2.24, 2.45) is 56.7 Å². The van der Waals surface area contributed by atoms with E-state index in [1.807, 2.05) is 0 Å². The maximum Gasteiger partial charge on any atom is 0.109 e. The Morgan fingerprint density at radius 1 is 0.911 bits per heavy atom. The van der Waals surface area contributed by atoms with Crippen LogP contribution in [0.2, 0.25) is 0 Å². The largest absolute Gasteiger partial charge is 0.396 e. The lowest BCUT2D eigenvalue weighted by atomic mass is 9.38. The van der Waals surface area contributed by atoms with E-state index in [1.165, 1.54) is 18.4 Å². The summed E-state index contributed by atoms with van der Waals surface area (Å²) in [6.45, 7) is 20.3. The minimum atomic E-state index is -1.34. The normalized spacial score (nSPS) is 49.4. The first-order chi connectivity index (χ1) is 20.7. The zero-order valence-corrected chi connectivity index (χ0v) is 29.7. The summed E-state index contributed by atoms with van der Waals surface area (Å²) in [7, 11) is 0. The van der Waals surface area contributed by atoms with E-state index in [0.29, 0.717) is 24.2 Å². The van der Waals surface area contributed by atoms with Crippen LogP contribution in [0.3, 0.4) is 0 Å². The second-order valence-corrected chi connectivity index (χ2v) is 18.6. The highest BCUT2D eigenvalue weighted by Gasteiger charge is 2.70. The van der Waals surface area contributed by atoms with Gasteiger partial charge in [0.25, 0.3) is 0 Å². The van der Waals surface area contributed by atoms with E-state index in [4.69, 9.17) is 4.74 Å². The van der Waals surface area contributed by atoms with Crippen molar-refractivity contribution in [1.29, 1.82) is 0 Å². The molecule has 5 rings (SSSR count). The Bertz CT molecular complexity index is 1100. The highest BCUT2D eigenvalue weighted by atomic mass is 16.5. The molecule has 1 unspecified atom stereocenters. The molecule has 5 aliphatic rings. The van der Waals surface area contributed by atoms with Crippen LogP contribution in [0, 0.1) is 56.7 Å². The topological polar surface area (TPSA) is 131 Å². The Kier molecular flexibility index (Phi) is 9.62. The lowest BCUT2D eigenvalue weighted by Gasteiger charge is -2.67. The van der Waals surface area contributed by atoms with Crippen molar-refractivity contribution in [2.75, 3.05) is 6.61 Å². The van der Waals surface area contributed by atoms with Crippen LogP contribution < -0.4 is 0 Å². The van der Waals surface area contributed by atoms with Gasteiger partial charge >= 0.3 is 0 Å². The molecule has 0 saturated heterocycles. The molecular weight excluding hydrogens is 568 g/mol. The van der Waals surface area contributed by atoms with E-state index in [-0.39, 0.29) is 51.8 Å². The van der Waals surface area contributed by atoms with Crippen LogP contribution in [0.25, 0.3) is 0 Å². The SMILES string of the molecule is C[C@H](CC[C@@H](O)C(C)(C)C)[C@H]1CC[C@@]2(C)[C@H]3CC=C4[C@@H](CC[C@H](O[C@@H]5C[C@H](CO)[C@@H](O)[C@H](O)[C@H]5O)C4(C)C)[C@]3(C)C(O)C[C@]12C. The van der Waals surface area contributed by atoms with Gasteiger partial charge in [0, 0.05) is 23.4 Å². The number of hydrogen-bond donors (Lipinski definition) is 6. The molecule has 7 heteroatoms. The number of hydrogen-bond acceptors (Lipinski definition) is 7. The summed E-state index contributed by atoms with van der Waals surface area (Å²) in [6.07, 6.45) is 5.15. The van der Waals surface area contributed by atoms with Gasteiger partial charge in [0.15, 0.2) is 0 Å². The Morgan fingerprint density at radius 3 is 2.20 bits per heavy atom. The molecule has 0 heterocycles. The van der Waals surface area contributed by atoms with Gasteiger partial charge in [0.1, 0.15) is 12.2 Å². The van der Waals surface area contributed by atoms with Crippen molar-refractivity contribution in [1.82, 2.24) is 0 Å². The average molecular weight is 635 g/mol. The second-order valence-electron chi connectivity index (χ2n) is 18.6. The first-order valence-electron chi connectivity index (χ1n) is 18.1. The van der Waals surface area contributed by atoms with Gasteiger partial charge in [0.05, 0.1) is 30.5 Å². The fourth-order valence-corrected chi connectivity index (χ4v) is 11.7. The van der Waals surface area contributed by atoms with Crippen molar-refractivity contribution < 1.29 is 35.4 Å². The van der Waals surface area contributed by atoms with Crippen LogP contribution in [-0.4, -0.2) is 80.0 Å². The molecule has 0 amide bonds. The van der Waals surface area contributed by atoms with Crippen LogP contribution in [0.15, 0.2) is 11.6 Å². The predicted molar refractivity (Wildman–Crippen MR) is 176 cm³/mol. The van der Waals surface area contributed by atoms with Gasteiger partial charge < -0.3 is 35.4 Å². The third kappa shape index (κ3) is 5.51. The Morgan fingerprint density at radius 2 is 1.58 bits per heavy atom. The zero-order chi connectivity index (χ0) is 33.5. The molecule has 0 bridgehead atoms. The molecule has 260 valence electrons. The summed E-state index contributed by atoms with van der Waals surface area (Å²) in [5.41, 5.74) is 0.831. The Balaban J connectivity index is 1.37. The number of ether oxygens (including phenoxy) is 1. The van der Waals surface area contributed by atoms with E-state index in [0.717, 1.165) is 38.5 Å². The molecule has 6 N–H and O–H groups in total. The smallest absolute Gasteiger partial charge is 0.109 e. The summed E-state index contributed by atoms with van der Waals surface area (Å²) in [6, 6.07) is 0. The molecule has 7 nitrogen and oxygen atoms in total. The fourth-order valence-electron chi connectivity index (χ4n) is 11.7. The van der Waals surface area contributed by atoms with E-state index in [9.17, 15) is 30.6 Å². The van der Waals surface area contributed by atoms with Crippen molar-refractivity contribution in [3.05, 3.63) is 11.6 Å². The van der Waals surface area contributed by atoms with Crippen molar-refractivity contribution in [2.45, 2.75) is 163 Å². The lowest BCUT2D eigenvalue weighted by molar-refractivity contribution is -0.220. The molecule has 15 atom stereocenters. The molecule has 0 aliphatic heterocycles. The first kappa shape index (κ1) is 35.8. The molecule has 4 saturated carbocycles. The van der Waals surface area contributed by atoms with Gasteiger partial charge in [-0.25, -0.2) is 0 Å². The molecule has 45 heavy (non-hydrogen) atoms. The summed E-state index contributed by atoms with van der Waals surface area (Å²) in [5, 5.41) is 64.4. The van der Waals surface area contributed by atoms with Crippen LogP contribution in [0.1, 0.15) is 120 Å². The van der Waals surface area contributed by atoms with E-state index in [1.54, 1.807) is 0 Å². The number of aliphatic hydroxyl groups is 6. The van der Waals surface area contributed by atoms with E-state index >= 15 is 0 Å². The average Bonchev–Trinajstić information content (AvgIpc) is 3.23. The zero-order valence-electron chi connectivity index (χ0n) is 29.7. The minimum Gasteiger partial charge on any atom is -0.396 e. The number of rotatable bonds is 7. The number of allylic oxidation sites excluding steroid dienone is 1. The standard InChI is InChI=1S/C38H66O7/c1-21(10-14-28(40)34(2,3)4)23-16-17-36(7)27-13-11-24-25(38(27,9)29(41)19-37(23,36)8)12-15-30(35(24,5)6)45-26-18-22(20-39)31(42)33(44)32(26)43/h11,21-23,25-33,39-44H,10,12-20H2,1-9H3/t21-,22-,23-,25-,26-,27-,28-,29?,30+,31-,32+,33+,36+,37-,38+/m1/s1. The quantitative estimate of drug-likeness (QED) is 0.211. The van der Waals surface area contributed by atoms with E-state index < -0.39 is 36.4 Å². The first-order valence-corrected chi connectivity index (χ1v) is 18.1. The van der Waals surface area contributed by atoms with Crippen LogP contribution in [0.5, 0.6) is 0 Å². The summed E-state index contributed by atoms with van der Waals surface area (Å²) in [4.78, 5) is 0. The summed E-state index contributed by atoms with van der Waals surface area (Å²) in [5.74, 6) is 1.11. The fraction of sp³-hybridized carbons (Fsp3) is 0.947. The summed E-state index contributed by atoms with van der Waals surface area (Å²) >= 11 is 0. The van der Waals surface area contributed by atoms with Crippen molar-refractivity contribution >= 4 is 0 Å². The summed E-state index contributed by atoms with van der Waals surface area (Å²) < 4.78 is 6.61. The Labute approximate surface area is 272 Å². The maximum absolute atomic E-state index is 12.3. The molecular formula is C38H66O7. The van der Waals surface area contributed by atoms with Gasteiger partial charge in [-0.1, -0.05) is 74.0 Å². The second kappa shape index (κ2) is 12.1. The van der Waals surface area contributed by atoms with Gasteiger partial charge in [-0.3, -0.25) is 0 Å². The third-order valence-corrected chi connectivity index (χ3v) is 15.2. The van der Waals surface area contributed by atoms with Crippen molar-refractivity contribution in [3.63, 3.8) is 0 Å². The predicted octanol–water partition coefficient (Wildman–Crippen LogP) is 5.23. The van der Waals surface area contributed by atoms with Gasteiger partial charge in [0.2, 0.25) is 0 Å². The molecule has 0 aromatic heterocycles. The highest BCUT2D eigenvalue weighted by molar-refractivity contribution is 5.32. The number of aliphatic hydroxyl groups excluding tert-OH is 6. The van der Waals surface area contributed by atoms with Crippen LogP contribution in [-0.2, 0) is 4.74 Å². The van der Waals surface area contributed by atoms with Crippen LogP contribution in [0.4, 0.5) is 0 Å². The highest BCUT2D eigenvalue weighted by Crippen LogP contribution is 2.75. The maximum atomic E-state index is 12.3. The van der Waals surface area contributed by atoms with Crippen molar-refractivity contribution in [3.8, 4) is 0 Å². The third-order valence-electron chi connectivity index (χ3n) is 15.2. The van der Waals surface area contributed by atoms with Gasteiger partial charge in [-0.05, 0) is 97.7 Å². The monoisotopic (exact) mass is 634 g/mol. The number of fused-ring (bicyclic) bond motifs is 5. The molecule has 0 aromatic carbocycles. The molecule has 4 fully saturated rings. The van der Waals surface area contributed by atoms with Crippen LogP contribution >= 0.6 is 0 Å². The van der Waals surface area contributed by atoms with Gasteiger partial charge in [-0.15, -0.1) is 0 Å². The van der Waals surface area contributed by atoms with Gasteiger partial charge in [-0.2, -0.15) is 0 Å². The molecule has 5 aliphatic carbocycles. The Hall–Kier alpha value is -0.540. The molecule has 0 radical (unpaired) electrons. The minimum absolute atomic E-state index is 0.0373.